The van der Waals surface area contributed by atoms with Gasteiger partial charge in [-0.25, -0.2) is 13.4 Å². The summed E-state index contributed by atoms with van der Waals surface area (Å²) in [4.78, 5) is 17.2. The first-order valence-corrected chi connectivity index (χ1v) is 9.90. The van der Waals surface area contributed by atoms with Crippen LogP contribution in [0.2, 0.25) is 0 Å². The molecule has 0 spiro atoms. The second-order valence-electron chi connectivity index (χ2n) is 5.73. The van der Waals surface area contributed by atoms with Crippen molar-refractivity contribution in [1.29, 1.82) is 0 Å². The highest BCUT2D eigenvalue weighted by molar-refractivity contribution is 7.95. The van der Waals surface area contributed by atoms with Gasteiger partial charge in [0.05, 0.1) is 10.2 Å². The molecular formula is C18H17NO3S2. The average Bonchev–Trinajstić information content (AvgIpc) is 3.06. The summed E-state index contributed by atoms with van der Waals surface area (Å²) in [5.74, 6) is -0.398. The van der Waals surface area contributed by atoms with Crippen molar-refractivity contribution in [2.24, 2.45) is 0 Å². The molecule has 1 aromatic heterocycles. The highest BCUT2D eigenvalue weighted by Gasteiger charge is 2.47. The van der Waals surface area contributed by atoms with Gasteiger partial charge >= 0.3 is 0 Å². The molecule has 0 amide bonds. The van der Waals surface area contributed by atoms with Crippen molar-refractivity contribution >= 4 is 37.2 Å². The van der Waals surface area contributed by atoms with Crippen LogP contribution >= 0.6 is 11.3 Å². The number of hydrogen-bond acceptors (Lipinski definition) is 5. The Hall–Kier alpha value is -2.05. The zero-order valence-electron chi connectivity index (χ0n) is 13.4. The molecule has 4 nitrogen and oxygen atoms in total. The highest BCUT2D eigenvalue weighted by Crippen LogP contribution is 2.36. The lowest BCUT2D eigenvalue weighted by Crippen LogP contribution is -2.43. The zero-order valence-corrected chi connectivity index (χ0v) is 15.0. The summed E-state index contributed by atoms with van der Waals surface area (Å²) in [5, 5.41) is 0. The fourth-order valence-corrected chi connectivity index (χ4v) is 5.83. The molecule has 1 unspecified atom stereocenters. The van der Waals surface area contributed by atoms with Crippen LogP contribution in [0.4, 0.5) is 0 Å². The summed E-state index contributed by atoms with van der Waals surface area (Å²) in [6, 6.07) is 15.8. The van der Waals surface area contributed by atoms with Crippen LogP contribution in [0.1, 0.15) is 30.6 Å². The molecular weight excluding hydrogens is 342 g/mol. The SMILES string of the molecule is CCC(C)(C(=O)c1ccccc1)S(=O)(=O)c1nc2ccccc2s1. The minimum absolute atomic E-state index is 0.00247. The molecule has 0 fully saturated rings. The highest BCUT2D eigenvalue weighted by atomic mass is 32.2. The Kier molecular flexibility index (Phi) is 4.27. The monoisotopic (exact) mass is 359 g/mol. The van der Waals surface area contributed by atoms with E-state index < -0.39 is 20.4 Å². The number of para-hydroxylation sites is 1. The molecule has 24 heavy (non-hydrogen) atoms. The van der Waals surface area contributed by atoms with E-state index in [0.717, 1.165) is 16.0 Å². The first-order valence-electron chi connectivity index (χ1n) is 7.60. The van der Waals surface area contributed by atoms with E-state index >= 15 is 0 Å². The number of Topliss-reactive ketones (excluding diaryl/α,β-unsaturated/α-hetero) is 1. The quantitative estimate of drug-likeness (QED) is 0.643. The van der Waals surface area contributed by atoms with Gasteiger partial charge in [0.1, 0.15) is 4.75 Å². The predicted octanol–water partition coefficient (Wildman–Crippen LogP) is 4.12. The molecule has 124 valence electrons. The van der Waals surface area contributed by atoms with Crippen molar-refractivity contribution in [3.63, 3.8) is 0 Å². The molecule has 2 aromatic carbocycles. The number of ketones is 1. The fraction of sp³-hybridized carbons (Fsp3) is 0.222. The van der Waals surface area contributed by atoms with E-state index in [2.05, 4.69) is 4.98 Å². The minimum atomic E-state index is -3.90. The minimum Gasteiger partial charge on any atom is -0.292 e. The number of fused-ring (bicyclic) bond motifs is 1. The largest absolute Gasteiger partial charge is 0.292 e. The summed E-state index contributed by atoms with van der Waals surface area (Å²) >= 11 is 1.11. The van der Waals surface area contributed by atoms with Crippen LogP contribution in [0.15, 0.2) is 58.9 Å². The molecule has 0 aliphatic rings. The lowest BCUT2D eigenvalue weighted by atomic mass is 9.96. The van der Waals surface area contributed by atoms with Gasteiger partial charge in [0, 0.05) is 5.56 Å². The standard InChI is InChI=1S/C18H17NO3S2/c1-3-18(2,16(20)13-9-5-4-6-10-13)24(21,22)17-19-14-11-7-8-12-15(14)23-17/h4-12H,3H2,1-2H3. The Bertz CT molecular complexity index is 960. The van der Waals surface area contributed by atoms with Crippen molar-refractivity contribution in [3.05, 3.63) is 60.2 Å². The van der Waals surface area contributed by atoms with E-state index in [4.69, 9.17) is 0 Å². The Morgan fingerprint density at radius 1 is 1.08 bits per heavy atom. The van der Waals surface area contributed by atoms with Crippen LogP contribution < -0.4 is 0 Å². The summed E-state index contributed by atoms with van der Waals surface area (Å²) in [6.45, 7) is 3.20. The zero-order chi connectivity index (χ0) is 17.4. The Morgan fingerprint density at radius 3 is 2.33 bits per heavy atom. The van der Waals surface area contributed by atoms with Gasteiger partial charge in [-0.1, -0.05) is 49.4 Å². The second kappa shape index (κ2) is 6.11. The number of sulfone groups is 1. The lowest BCUT2D eigenvalue weighted by Gasteiger charge is -2.25. The van der Waals surface area contributed by atoms with E-state index in [1.807, 2.05) is 18.2 Å². The van der Waals surface area contributed by atoms with Crippen LogP contribution in [-0.2, 0) is 9.84 Å². The number of aromatic nitrogens is 1. The molecule has 0 saturated heterocycles. The van der Waals surface area contributed by atoms with E-state index in [1.165, 1.54) is 6.92 Å². The molecule has 6 heteroatoms. The summed E-state index contributed by atoms with van der Waals surface area (Å²) in [7, 11) is -3.90. The number of benzene rings is 2. The van der Waals surface area contributed by atoms with E-state index in [-0.39, 0.29) is 10.8 Å². The molecule has 0 aliphatic carbocycles. The number of hydrogen-bond donors (Lipinski definition) is 0. The van der Waals surface area contributed by atoms with Gasteiger partial charge in [-0.2, -0.15) is 0 Å². The second-order valence-corrected chi connectivity index (χ2v) is 9.31. The predicted molar refractivity (Wildman–Crippen MR) is 96.3 cm³/mol. The molecule has 0 N–H and O–H groups in total. The molecule has 3 aromatic rings. The third-order valence-electron chi connectivity index (χ3n) is 4.29. The number of carbonyl (C=O) groups excluding carboxylic acids is 1. The van der Waals surface area contributed by atoms with Gasteiger partial charge in [0.25, 0.3) is 0 Å². The Morgan fingerprint density at radius 2 is 1.71 bits per heavy atom. The number of carbonyl (C=O) groups is 1. The first kappa shape index (κ1) is 16.8. The van der Waals surface area contributed by atoms with Crippen LogP contribution in [0.5, 0.6) is 0 Å². The smallest absolute Gasteiger partial charge is 0.218 e. The maximum absolute atomic E-state index is 13.2. The number of nitrogens with zero attached hydrogens (tertiary/aromatic N) is 1. The van der Waals surface area contributed by atoms with Gasteiger partial charge in [0.2, 0.25) is 14.2 Å². The van der Waals surface area contributed by atoms with E-state index in [0.29, 0.717) is 11.1 Å². The van der Waals surface area contributed by atoms with Gasteiger partial charge in [-0.15, -0.1) is 11.3 Å². The van der Waals surface area contributed by atoms with Gasteiger partial charge in [-0.3, -0.25) is 4.79 Å². The molecule has 0 radical (unpaired) electrons. The molecule has 1 heterocycles. The van der Waals surface area contributed by atoms with Gasteiger partial charge in [-0.05, 0) is 25.5 Å². The average molecular weight is 359 g/mol. The molecule has 0 bridgehead atoms. The van der Waals surface area contributed by atoms with Crippen molar-refractivity contribution in [2.75, 3.05) is 0 Å². The Labute approximate surface area is 145 Å². The van der Waals surface area contributed by atoms with Crippen LogP contribution in [0, 0.1) is 0 Å². The number of thiazole rings is 1. The van der Waals surface area contributed by atoms with Crippen molar-refractivity contribution < 1.29 is 13.2 Å². The van der Waals surface area contributed by atoms with Crippen molar-refractivity contribution in [3.8, 4) is 0 Å². The topological polar surface area (TPSA) is 64.1 Å². The summed E-state index contributed by atoms with van der Waals surface area (Å²) in [6.07, 6.45) is 0.180. The third-order valence-corrected chi connectivity index (χ3v) is 8.24. The van der Waals surface area contributed by atoms with Crippen molar-refractivity contribution in [1.82, 2.24) is 4.98 Å². The van der Waals surface area contributed by atoms with Crippen LogP contribution in [0.25, 0.3) is 10.2 Å². The fourth-order valence-electron chi connectivity index (χ4n) is 2.53. The van der Waals surface area contributed by atoms with Crippen LogP contribution in [-0.4, -0.2) is 23.9 Å². The maximum atomic E-state index is 13.2. The van der Waals surface area contributed by atoms with Gasteiger partial charge in [0.15, 0.2) is 5.78 Å². The molecule has 0 saturated carbocycles. The lowest BCUT2D eigenvalue weighted by molar-refractivity contribution is 0.0943. The summed E-state index contributed by atoms with van der Waals surface area (Å²) < 4.78 is 25.6. The van der Waals surface area contributed by atoms with Crippen LogP contribution in [0.3, 0.4) is 0 Å². The maximum Gasteiger partial charge on any atom is 0.218 e. The van der Waals surface area contributed by atoms with Crippen molar-refractivity contribution in [2.45, 2.75) is 29.4 Å². The van der Waals surface area contributed by atoms with E-state index in [9.17, 15) is 13.2 Å². The Balaban J connectivity index is 2.13. The summed E-state index contributed by atoms with van der Waals surface area (Å²) in [5.41, 5.74) is 1.03. The third kappa shape index (κ3) is 2.56. The normalized spacial score (nSPS) is 14.4. The van der Waals surface area contributed by atoms with E-state index in [1.54, 1.807) is 43.3 Å². The molecule has 1 atom stereocenters. The molecule has 0 aliphatic heterocycles. The number of rotatable bonds is 5. The first-order chi connectivity index (χ1) is 11.4. The molecule has 3 rings (SSSR count). The van der Waals surface area contributed by atoms with Gasteiger partial charge < -0.3 is 0 Å².